The second kappa shape index (κ2) is 8.74. The third kappa shape index (κ3) is 4.80. The zero-order chi connectivity index (χ0) is 17.8. The number of aromatic nitrogens is 3. The predicted octanol–water partition coefficient (Wildman–Crippen LogP) is 3.27. The van der Waals surface area contributed by atoms with Crippen molar-refractivity contribution in [1.82, 2.24) is 20.1 Å². The standard InChI is InChI=1S/C19H30N4O2S/c24-17(20-15-6-3-1-2-4-7-15)13-26-19-22-21-18(14-9-10-14)23(19)12-16-8-5-11-25-16/h14-16H,1-13H2,(H,20,24). The van der Waals surface area contributed by atoms with Crippen LogP contribution in [-0.2, 0) is 16.1 Å². The minimum absolute atomic E-state index is 0.126. The predicted molar refractivity (Wildman–Crippen MR) is 101 cm³/mol. The van der Waals surface area contributed by atoms with Gasteiger partial charge in [0.2, 0.25) is 5.91 Å². The van der Waals surface area contributed by atoms with E-state index in [0.717, 1.165) is 49.8 Å². The third-order valence-corrected chi connectivity index (χ3v) is 6.62. The summed E-state index contributed by atoms with van der Waals surface area (Å²) in [4.78, 5) is 12.4. The maximum atomic E-state index is 12.4. The molecule has 2 aliphatic carbocycles. The summed E-state index contributed by atoms with van der Waals surface area (Å²) in [5.74, 6) is 2.19. The van der Waals surface area contributed by atoms with Crippen LogP contribution < -0.4 is 5.32 Å². The molecule has 2 heterocycles. The molecule has 2 saturated carbocycles. The Labute approximate surface area is 159 Å². The van der Waals surface area contributed by atoms with Gasteiger partial charge in [0.15, 0.2) is 5.16 Å². The SMILES string of the molecule is O=C(CSc1nnc(C2CC2)n1CC1CCCO1)NC1CCCCCC1. The van der Waals surface area contributed by atoms with E-state index in [1.807, 2.05) is 0 Å². The van der Waals surface area contributed by atoms with Gasteiger partial charge in [0.25, 0.3) is 0 Å². The number of carbonyl (C=O) groups is 1. The van der Waals surface area contributed by atoms with Crippen molar-refractivity contribution in [3.8, 4) is 0 Å². The molecule has 26 heavy (non-hydrogen) atoms. The maximum Gasteiger partial charge on any atom is 0.230 e. The second-order valence-electron chi connectivity index (χ2n) is 7.91. The molecule has 144 valence electrons. The lowest BCUT2D eigenvalue weighted by atomic mass is 10.1. The van der Waals surface area contributed by atoms with Crippen molar-refractivity contribution in [3.05, 3.63) is 5.82 Å². The number of carbonyl (C=O) groups excluding carboxylic acids is 1. The topological polar surface area (TPSA) is 69.0 Å². The molecule has 0 bridgehead atoms. The number of hydrogen-bond acceptors (Lipinski definition) is 5. The van der Waals surface area contributed by atoms with Crippen LogP contribution in [0.3, 0.4) is 0 Å². The molecule has 1 aromatic heterocycles. The molecular weight excluding hydrogens is 348 g/mol. The highest BCUT2D eigenvalue weighted by Crippen LogP contribution is 2.40. The number of nitrogens with one attached hydrogen (secondary N) is 1. The van der Waals surface area contributed by atoms with Gasteiger partial charge >= 0.3 is 0 Å². The van der Waals surface area contributed by atoms with Gasteiger partial charge < -0.3 is 14.6 Å². The number of hydrogen-bond donors (Lipinski definition) is 1. The number of amides is 1. The van der Waals surface area contributed by atoms with Crippen LogP contribution in [0.5, 0.6) is 0 Å². The van der Waals surface area contributed by atoms with Crippen molar-refractivity contribution in [1.29, 1.82) is 0 Å². The zero-order valence-corrected chi connectivity index (χ0v) is 16.3. The molecule has 4 rings (SSSR count). The highest BCUT2D eigenvalue weighted by atomic mass is 32.2. The van der Waals surface area contributed by atoms with E-state index in [9.17, 15) is 4.79 Å². The summed E-state index contributed by atoms with van der Waals surface area (Å²) in [5.41, 5.74) is 0. The molecule has 1 aliphatic heterocycles. The minimum atomic E-state index is 0.126. The van der Waals surface area contributed by atoms with Crippen LogP contribution in [0, 0.1) is 0 Å². The molecule has 0 radical (unpaired) electrons. The third-order valence-electron chi connectivity index (χ3n) is 5.65. The second-order valence-corrected chi connectivity index (χ2v) is 8.85. The monoisotopic (exact) mass is 378 g/mol. The average molecular weight is 379 g/mol. The number of nitrogens with zero attached hydrogens (tertiary/aromatic N) is 3. The Morgan fingerprint density at radius 3 is 2.58 bits per heavy atom. The van der Waals surface area contributed by atoms with Crippen LogP contribution in [0.25, 0.3) is 0 Å². The summed E-state index contributed by atoms with van der Waals surface area (Å²) < 4.78 is 8.03. The van der Waals surface area contributed by atoms with Gasteiger partial charge in [-0.3, -0.25) is 4.79 Å². The molecule has 1 saturated heterocycles. The molecule has 6 nitrogen and oxygen atoms in total. The molecular formula is C19H30N4O2S. The van der Waals surface area contributed by atoms with Crippen molar-refractivity contribution >= 4 is 17.7 Å². The van der Waals surface area contributed by atoms with Crippen LogP contribution in [-0.4, -0.2) is 45.2 Å². The zero-order valence-electron chi connectivity index (χ0n) is 15.5. The first-order chi connectivity index (χ1) is 12.8. The molecule has 1 N–H and O–H groups in total. The first kappa shape index (κ1) is 18.3. The summed E-state index contributed by atoms with van der Waals surface area (Å²) >= 11 is 1.52. The first-order valence-corrected chi connectivity index (χ1v) is 11.2. The summed E-state index contributed by atoms with van der Waals surface area (Å²) in [6.07, 6.45) is 12.2. The Balaban J connectivity index is 1.34. The molecule has 1 amide bonds. The average Bonchev–Trinajstić information content (AvgIpc) is 3.30. The normalized spacial score (nSPS) is 24.5. The van der Waals surface area contributed by atoms with E-state index in [1.165, 1.54) is 50.3 Å². The van der Waals surface area contributed by atoms with Crippen LogP contribution in [0.1, 0.15) is 76.0 Å². The van der Waals surface area contributed by atoms with Crippen molar-refractivity contribution in [2.45, 2.75) is 94.0 Å². The lowest BCUT2D eigenvalue weighted by Crippen LogP contribution is -2.35. The van der Waals surface area contributed by atoms with E-state index in [4.69, 9.17) is 4.74 Å². The largest absolute Gasteiger partial charge is 0.376 e. The molecule has 1 aromatic rings. The number of rotatable bonds is 7. The van der Waals surface area contributed by atoms with Gasteiger partial charge in [-0.2, -0.15) is 0 Å². The smallest absolute Gasteiger partial charge is 0.230 e. The van der Waals surface area contributed by atoms with Crippen LogP contribution >= 0.6 is 11.8 Å². The molecule has 0 spiro atoms. The lowest BCUT2D eigenvalue weighted by molar-refractivity contribution is -0.119. The summed E-state index contributed by atoms with van der Waals surface area (Å²) in [6.45, 7) is 1.68. The summed E-state index contributed by atoms with van der Waals surface area (Å²) in [6, 6.07) is 0.359. The fourth-order valence-corrected chi connectivity index (χ4v) is 4.80. The Kier molecular flexibility index (Phi) is 6.15. The number of thioether (sulfide) groups is 1. The maximum absolute atomic E-state index is 12.4. The highest BCUT2D eigenvalue weighted by molar-refractivity contribution is 7.99. The van der Waals surface area contributed by atoms with Gasteiger partial charge in [-0.05, 0) is 38.5 Å². The fourth-order valence-electron chi connectivity index (χ4n) is 4.04. The fraction of sp³-hybridized carbons (Fsp3) is 0.842. The van der Waals surface area contributed by atoms with E-state index in [0.29, 0.717) is 17.7 Å². The number of ether oxygens (including phenoxy) is 1. The van der Waals surface area contributed by atoms with Gasteiger partial charge in [0.1, 0.15) is 5.82 Å². The minimum Gasteiger partial charge on any atom is -0.376 e. The molecule has 1 atom stereocenters. The van der Waals surface area contributed by atoms with Gasteiger partial charge in [0.05, 0.1) is 18.4 Å². The highest BCUT2D eigenvalue weighted by Gasteiger charge is 2.32. The lowest BCUT2D eigenvalue weighted by Gasteiger charge is -2.16. The van der Waals surface area contributed by atoms with Crippen molar-refractivity contribution < 1.29 is 9.53 Å². The van der Waals surface area contributed by atoms with Gasteiger partial charge in [-0.25, -0.2) is 0 Å². The van der Waals surface area contributed by atoms with E-state index in [2.05, 4.69) is 20.1 Å². The van der Waals surface area contributed by atoms with E-state index >= 15 is 0 Å². The van der Waals surface area contributed by atoms with Gasteiger partial charge in [0, 0.05) is 18.6 Å². The van der Waals surface area contributed by atoms with E-state index < -0.39 is 0 Å². The van der Waals surface area contributed by atoms with Gasteiger partial charge in [-0.1, -0.05) is 37.4 Å². The van der Waals surface area contributed by atoms with Crippen LogP contribution in [0.2, 0.25) is 0 Å². The quantitative estimate of drug-likeness (QED) is 0.582. The first-order valence-electron chi connectivity index (χ1n) is 10.3. The summed E-state index contributed by atoms with van der Waals surface area (Å²) in [7, 11) is 0. The Morgan fingerprint density at radius 2 is 1.88 bits per heavy atom. The Hall–Kier alpha value is -1.08. The van der Waals surface area contributed by atoms with Crippen molar-refractivity contribution in [3.63, 3.8) is 0 Å². The molecule has 7 heteroatoms. The van der Waals surface area contributed by atoms with Crippen LogP contribution in [0.4, 0.5) is 0 Å². The molecule has 1 unspecified atom stereocenters. The molecule has 3 aliphatic rings. The van der Waals surface area contributed by atoms with Gasteiger partial charge in [-0.15, -0.1) is 10.2 Å². The summed E-state index contributed by atoms with van der Waals surface area (Å²) in [5, 5.41) is 12.9. The molecule has 0 aromatic carbocycles. The van der Waals surface area contributed by atoms with Crippen molar-refractivity contribution in [2.75, 3.05) is 12.4 Å². The van der Waals surface area contributed by atoms with E-state index in [-0.39, 0.29) is 12.0 Å². The van der Waals surface area contributed by atoms with Crippen molar-refractivity contribution in [2.24, 2.45) is 0 Å². The van der Waals surface area contributed by atoms with E-state index in [1.54, 1.807) is 0 Å². The Bertz CT molecular complexity index is 603. The van der Waals surface area contributed by atoms with Crippen LogP contribution in [0.15, 0.2) is 5.16 Å². The molecule has 3 fully saturated rings. The Morgan fingerprint density at radius 1 is 1.08 bits per heavy atom.